The van der Waals surface area contributed by atoms with Crippen molar-refractivity contribution in [1.82, 2.24) is 25.1 Å². The van der Waals surface area contributed by atoms with Crippen LogP contribution in [-0.4, -0.2) is 51.1 Å². The first-order valence-electron chi connectivity index (χ1n) is 6.57. The van der Waals surface area contributed by atoms with E-state index in [2.05, 4.69) is 25.2 Å². The lowest BCUT2D eigenvalue weighted by Gasteiger charge is -2.18. The highest BCUT2D eigenvalue weighted by molar-refractivity contribution is 6.29. The number of carbonyl (C=O) groups excluding carboxylic acids is 1. The number of alkyl halides is 2. The van der Waals surface area contributed by atoms with Crippen LogP contribution in [0.2, 0.25) is 5.15 Å². The highest BCUT2D eigenvalue weighted by Crippen LogP contribution is 2.23. The molecule has 2 aromatic heterocycles. The summed E-state index contributed by atoms with van der Waals surface area (Å²) in [4.78, 5) is 15.0. The van der Waals surface area contributed by atoms with E-state index >= 15 is 0 Å². The van der Waals surface area contributed by atoms with E-state index in [1.165, 1.54) is 12.4 Å². The Balaban J connectivity index is 1.95. The van der Waals surface area contributed by atoms with E-state index in [0.29, 0.717) is 0 Å². The number of hydrogen-bond donors (Lipinski definition) is 1. The number of alkyl carbamates (subject to hydrolysis) is 1. The summed E-state index contributed by atoms with van der Waals surface area (Å²) >= 11 is 5.74. The largest absolute Gasteiger partial charge is 0.483 e. The van der Waals surface area contributed by atoms with Gasteiger partial charge in [0, 0.05) is 12.1 Å². The summed E-state index contributed by atoms with van der Waals surface area (Å²) in [5, 5.41) is 9.87. The fourth-order valence-electron chi connectivity index (χ4n) is 1.54. The van der Waals surface area contributed by atoms with Crippen molar-refractivity contribution < 1.29 is 23.0 Å². The van der Waals surface area contributed by atoms with E-state index in [1.54, 1.807) is 13.8 Å². The number of rotatable bonds is 6. The van der Waals surface area contributed by atoms with Crippen molar-refractivity contribution in [2.24, 2.45) is 0 Å². The maximum atomic E-state index is 13.7. The first-order chi connectivity index (χ1) is 10.8. The third-order valence-corrected chi connectivity index (χ3v) is 2.64. The molecule has 0 aliphatic carbocycles. The molecule has 2 heterocycles. The summed E-state index contributed by atoms with van der Waals surface area (Å²) in [6.07, 6.45) is 0.259. The van der Waals surface area contributed by atoms with Crippen LogP contribution in [-0.2, 0) is 4.74 Å². The molecule has 126 valence electrons. The second-order valence-corrected chi connectivity index (χ2v) is 5.31. The number of carbonyl (C=O) groups is 1. The van der Waals surface area contributed by atoms with Gasteiger partial charge in [-0.3, -0.25) is 0 Å². The molecular formula is C12H14ClF2N5O3. The number of amides is 1. The van der Waals surface area contributed by atoms with Crippen molar-refractivity contribution in [3.8, 4) is 5.75 Å². The molecule has 0 saturated carbocycles. The van der Waals surface area contributed by atoms with E-state index in [-0.39, 0.29) is 22.6 Å². The lowest BCUT2D eigenvalue weighted by atomic mass is 10.4. The van der Waals surface area contributed by atoms with Crippen molar-refractivity contribution in [3.63, 3.8) is 0 Å². The molecule has 0 unspecified atom stereocenters. The number of ether oxygens (including phenoxy) is 2. The van der Waals surface area contributed by atoms with Crippen molar-refractivity contribution >= 4 is 23.3 Å². The molecule has 0 saturated heterocycles. The molecular weight excluding hydrogens is 336 g/mol. The van der Waals surface area contributed by atoms with Gasteiger partial charge in [-0.25, -0.2) is 9.78 Å². The molecule has 0 bridgehead atoms. The molecule has 2 rings (SSSR count). The van der Waals surface area contributed by atoms with Crippen molar-refractivity contribution in [3.05, 3.63) is 17.5 Å². The summed E-state index contributed by atoms with van der Waals surface area (Å²) in [7, 11) is 0. The lowest BCUT2D eigenvalue weighted by Crippen LogP contribution is -2.37. The van der Waals surface area contributed by atoms with Crippen LogP contribution in [0.5, 0.6) is 5.75 Å². The number of nitrogens with zero attached hydrogens (tertiary/aromatic N) is 4. The number of halogens is 3. The van der Waals surface area contributed by atoms with Crippen LogP contribution in [0.1, 0.15) is 13.8 Å². The predicted molar refractivity (Wildman–Crippen MR) is 75.9 cm³/mol. The zero-order valence-electron chi connectivity index (χ0n) is 12.3. The summed E-state index contributed by atoms with van der Waals surface area (Å²) in [6.45, 7) is 1.22. The van der Waals surface area contributed by atoms with Gasteiger partial charge >= 0.3 is 12.0 Å². The van der Waals surface area contributed by atoms with Gasteiger partial charge in [0.2, 0.25) is 5.65 Å². The van der Waals surface area contributed by atoms with Gasteiger partial charge in [0.05, 0.1) is 0 Å². The highest BCUT2D eigenvalue weighted by atomic mass is 35.5. The van der Waals surface area contributed by atoms with E-state index in [0.717, 1.165) is 4.63 Å². The maximum absolute atomic E-state index is 13.7. The molecule has 0 atom stereocenters. The van der Waals surface area contributed by atoms with Crippen LogP contribution in [0.3, 0.4) is 0 Å². The number of hydrogen-bond acceptors (Lipinski definition) is 6. The Kier molecular flexibility index (Phi) is 5.14. The molecule has 8 nitrogen and oxygen atoms in total. The van der Waals surface area contributed by atoms with Gasteiger partial charge in [-0.1, -0.05) is 11.6 Å². The molecule has 0 fully saturated rings. The second-order valence-electron chi connectivity index (χ2n) is 4.92. The van der Waals surface area contributed by atoms with Crippen molar-refractivity contribution in [1.29, 1.82) is 0 Å². The van der Waals surface area contributed by atoms with E-state index in [9.17, 15) is 13.6 Å². The molecule has 0 aliphatic heterocycles. The molecule has 11 heteroatoms. The van der Waals surface area contributed by atoms with Crippen molar-refractivity contribution in [2.75, 3.05) is 13.2 Å². The van der Waals surface area contributed by atoms with E-state index in [1.807, 2.05) is 0 Å². The molecule has 0 spiro atoms. The molecule has 0 radical (unpaired) electrons. The number of nitrogens with one attached hydrogen (secondary N) is 1. The topological polar surface area (TPSA) is 90.6 Å². The zero-order chi connectivity index (χ0) is 17.0. The molecule has 0 aromatic carbocycles. The summed E-state index contributed by atoms with van der Waals surface area (Å²) in [5.41, 5.74) is 0.142. The van der Waals surface area contributed by atoms with E-state index < -0.39 is 25.2 Å². The molecule has 0 aliphatic rings. The normalized spacial score (nSPS) is 11.7. The van der Waals surface area contributed by atoms with Crippen molar-refractivity contribution in [2.45, 2.75) is 25.8 Å². The average molecular weight is 350 g/mol. The Hall–Kier alpha value is -2.23. The minimum atomic E-state index is -3.39. The maximum Gasteiger partial charge on any atom is 0.407 e. The smallest absolute Gasteiger partial charge is 0.407 e. The van der Waals surface area contributed by atoms with Gasteiger partial charge in [0.1, 0.15) is 6.33 Å². The van der Waals surface area contributed by atoms with Crippen LogP contribution in [0.25, 0.3) is 5.65 Å². The first-order valence-corrected chi connectivity index (χ1v) is 6.95. The monoisotopic (exact) mass is 349 g/mol. The fourth-order valence-corrected chi connectivity index (χ4v) is 1.71. The third-order valence-electron chi connectivity index (χ3n) is 2.45. The van der Waals surface area contributed by atoms with Crippen LogP contribution >= 0.6 is 11.6 Å². The van der Waals surface area contributed by atoms with Crippen LogP contribution in [0, 0.1) is 0 Å². The summed E-state index contributed by atoms with van der Waals surface area (Å²) < 4.78 is 38.0. The van der Waals surface area contributed by atoms with Gasteiger partial charge in [-0.15, -0.1) is 14.8 Å². The fraction of sp³-hybridized carbons (Fsp3) is 0.500. The Bertz CT molecular complexity index is 694. The van der Waals surface area contributed by atoms with Gasteiger partial charge in [0.25, 0.3) is 0 Å². The Morgan fingerprint density at radius 2 is 2.22 bits per heavy atom. The van der Waals surface area contributed by atoms with E-state index in [4.69, 9.17) is 16.3 Å². The lowest BCUT2D eigenvalue weighted by molar-refractivity contribution is -0.0830. The Morgan fingerprint density at radius 3 is 2.91 bits per heavy atom. The zero-order valence-corrected chi connectivity index (χ0v) is 13.0. The second kappa shape index (κ2) is 6.90. The molecule has 2 aromatic rings. The summed E-state index contributed by atoms with van der Waals surface area (Å²) in [6, 6.07) is 1.03. The number of aromatic nitrogens is 4. The van der Waals surface area contributed by atoms with Crippen LogP contribution in [0.4, 0.5) is 13.6 Å². The minimum absolute atomic E-state index is 0.00573. The Labute approximate surface area is 134 Å². The highest BCUT2D eigenvalue weighted by Gasteiger charge is 2.33. The van der Waals surface area contributed by atoms with Gasteiger partial charge < -0.3 is 14.8 Å². The SMILES string of the molecule is CC(C)NC(=O)OCC(F)(F)COc1cc(Cl)nn2ncnc12. The minimum Gasteiger partial charge on any atom is -0.483 e. The third kappa shape index (κ3) is 4.88. The number of fused-ring (bicyclic) bond motifs is 1. The average Bonchev–Trinajstić information content (AvgIpc) is 2.90. The van der Waals surface area contributed by atoms with Crippen LogP contribution in [0.15, 0.2) is 12.4 Å². The first kappa shape index (κ1) is 17.1. The molecule has 23 heavy (non-hydrogen) atoms. The molecule has 1 N–H and O–H groups in total. The predicted octanol–water partition coefficient (Wildman–Crippen LogP) is 1.93. The molecule has 1 amide bonds. The van der Waals surface area contributed by atoms with Gasteiger partial charge in [0.15, 0.2) is 24.1 Å². The van der Waals surface area contributed by atoms with Gasteiger partial charge in [-0.2, -0.15) is 8.78 Å². The standard InChI is InChI=1S/C12H14ClF2N5O3/c1-7(2)18-11(21)23-5-12(14,15)4-22-8-3-9(13)19-20-10(8)16-6-17-20/h3,6-7H,4-5H2,1-2H3,(H,18,21). The van der Waals surface area contributed by atoms with Gasteiger partial charge in [-0.05, 0) is 13.8 Å². The summed E-state index contributed by atoms with van der Waals surface area (Å²) in [5.74, 6) is -3.39. The quantitative estimate of drug-likeness (QED) is 0.857. The van der Waals surface area contributed by atoms with Crippen LogP contribution < -0.4 is 10.1 Å². The Morgan fingerprint density at radius 1 is 1.48 bits per heavy atom.